The molecule has 0 aliphatic carbocycles. The van der Waals surface area contributed by atoms with E-state index in [1.165, 1.54) is 0 Å². The average molecular weight is 249 g/mol. The van der Waals surface area contributed by atoms with E-state index in [4.69, 9.17) is 0 Å². The number of hydrogen-bond acceptors (Lipinski definition) is 3. The lowest BCUT2D eigenvalue weighted by atomic mass is 9.95. The van der Waals surface area contributed by atoms with Crippen LogP contribution in [-0.4, -0.2) is 15.8 Å². The van der Waals surface area contributed by atoms with Crippen LogP contribution in [0.5, 0.6) is 0 Å². The fourth-order valence-corrected chi connectivity index (χ4v) is 2.03. The zero-order valence-corrected chi connectivity index (χ0v) is 10.1. The second-order valence-corrected chi connectivity index (χ2v) is 4.14. The molecule has 0 amide bonds. The first-order valence-corrected chi connectivity index (χ1v) is 5.81. The molecule has 4 heteroatoms. The number of aliphatic hydroxyl groups is 1. The van der Waals surface area contributed by atoms with Crippen LogP contribution in [0.1, 0.15) is 16.7 Å². The molecule has 0 spiro atoms. The van der Waals surface area contributed by atoms with Crippen molar-refractivity contribution in [2.75, 3.05) is 0 Å². The van der Waals surface area contributed by atoms with Gasteiger partial charge in [-0.05, 0) is 30.2 Å². The van der Waals surface area contributed by atoms with Crippen LogP contribution in [0.2, 0.25) is 0 Å². The van der Waals surface area contributed by atoms with Crippen molar-refractivity contribution in [3.8, 4) is 0 Å². The summed E-state index contributed by atoms with van der Waals surface area (Å²) >= 11 is 0. The predicted octanol–water partition coefficient (Wildman–Crippen LogP) is 2.51. The second kappa shape index (κ2) is 4.57. The Morgan fingerprint density at radius 1 is 1.00 bits per heavy atom. The SMILES string of the molecule is [CH2]c1ccccc1C1=N[N]C(O)=C1c1ccncc1. The van der Waals surface area contributed by atoms with Gasteiger partial charge in [0.25, 0.3) is 0 Å². The van der Waals surface area contributed by atoms with Gasteiger partial charge in [0.1, 0.15) is 5.71 Å². The second-order valence-electron chi connectivity index (χ2n) is 4.14. The van der Waals surface area contributed by atoms with Crippen LogP contribution >= 0.6 is 0 Å². The molecule has 0 saturated heterocycles. The van der Waals surface area contributed by atoms with E-state index in [0.717, 1.165) is 16.7 Å². The maximum Gasteiger partial charge on any atom is 0.241 e. The van der Waals surface area contributed by atoms with E-state index < -0.39 is 0 Å². The molecule has 0 fully saturated rings. The van der Waals surface area contributed by atoms with Gasteiger partial charge in [-0.3, -0.25) is 4.98 Å². The van der Waals surface area contributed by atoms with E-state index in [-0.39, 0.29) is 5.88 Å². The minimum atomic E-state index is -0.0792. The normalized spacial score (nSPS) is 14.3. The highest BCUT2D eigenvalue weighted by molar-refractivity contribution is 6.33. The molecule has 3 rings (SSSR count). The molecule has 2 radical (unpaired) electrons. The Morgan fingerprint density at radius 3 is 2.47 bits per heavy atom. The van der Waals surface area contributed by atoms with Gasteiger partial charge >= 0.3 is 0 Å². The van der Waals surface area contributed by atoms with Gasteiger partial charge in [-0.2, -0.15) is 0 Å². The van der Waals surface area contributed by atoms with Crippen LogP contribution in [0.15, 0.2) is 59.8 Å². The van der Waals surface area contributed by atoms with Gasteiger partial charge < -0.3 is 5.11 Å². The predicted molar refractivity (Wildman–Crippen MR) is 73.4 cm³/mol. The number of nitrogens with zero attached hydrogens (tertiary/aromatic N) is 3. The summed E-state index contributed by atoms with van der Waals surface area (Å²) in [6, 6.07) is 11.3. The molecule has 0 unspecified atom stereocenters. The molecule has 0 atom stereocenters. The highest BCUT2D eigenvalue weighted by Crippen LogP contribution is 2.27. The fourth-order valence-electron chi connectivity index (χ4n) is 2.03. The monoisotopic (exact) mass is 249 g/mol. The molecule has 1 aliphatic heterocycles. The zero-order chi connectivity index (χ0) is 13.2. The third-order valence-electron chi connectivity index (χ3n) is 2.95. The molecular weight excluding hydrogens is 238 g/mol. The van der Waals surface area contributed by atoms with Gasteiger partial charge in [-0.25, -0.2) is 0 Å². The summed E-state index contributed by atoms with van der Waals surface area (Å²) in [6.45, 7) is 3.98. The lowest BCUT2D eigenvalue weighted by Crippen LogP contribution is -2.04. The molecule has 0 saturated carbocycles. The number of benzene rings is 1. The highest BCUT2D eigenvalue weighted by Gasteiger charge is 2.24. The summed E-state index contributed by atoms with van der Waals surface area (Å²) in [5.74, 6) is -0.0792. The number of rotatable bonds is 2. The Hall–Kier alpha value is -2.62. The maximum absolute atomic E-state index is 9.92. The van der Waals surface area contributed by atoms with E-state index in [2.05, 4.69) is 22.4 Å². The maximum atomic E-state index is 9.92. The van der Waals surface area contributed by atoms with Crippen LogP contribution in [0, 0.1) is 6.92 Å². The molecular formula is C15H11N3O. The van der Waals surface area contributed by atoms with Crippen molar-refractivity contribution in [3.05, 3.63) is 78.3 Å². The summed E-state index contributed by atoms with van der Waals surface area (Å²) in [7, 11) is 0. The summed E-state index contributed by atoms with van der Waals surface area (Å²) in [6.07, 6.45) is 3.34. The van der Waals surface area contributed by atoms with Gasteiger partial charge in [0.15, 0.2) is 0 Å². The van der Waals surface area contributed by atoms with Crippen LogP contribution in [-0.2, 0) is 0 Å². The fraction of sp³-hybridized carbons (Fsp3) is 0. The van der Waals surface area contributed by atoms with Crippen molar-refractivity contribution in [3.63, 3.8) is 0 Å². The summed E-state index contributed by atoms with van der Waals surface area (Å²) < 4.78 is 0. The average Bonchev–Trinajstić information content (AvgIpc) is 2.82. The van der Waals surface area contributed by atoms with Gasteiger partial charge in [-0.15, -0.1) is 10.5 Å². The Morgan fingerprint density at radius 2 is 1.74 bits per heavy atom. The molecule has 1 N–H and O–H groups in total. The van der Waals surface area contributed by atoms with Crippen LogP contribution in [0.25, 0.3) is 5.57 Å². The van der Waals surface area contributed by atoms with E-state index in [1.807, 2.05) is 36.4 Å². The van der Waals surface area contributed by atoms with Gasteiger partial charge in [-0.1, -0.05) is 24.3 Å². The number of pyridine rings is 1. The van der Waals surface area contributed by atoms with Crippen LogP contribution < -0.4 is 5.43 Å². The molecule has 4 nitrogen and oxygen atoms in total. The lowest BCUT2D eigenvalue weighted by Gasteiger charge is -2.08. The third kappa shape index (κ3) is 1.97. The molecule has 2 heterocycles. The Labute approximate surface area is 111 Å². The lowest BCUT2D eigenvalue weighted by molar-refractivity contribution is 0.373. The Kier molecular flexibility index (Phi) is 2.76. The zero-order valence-electron chi connectivity index (χ0n) is 10.1. The number of hydrogen-bond donors (Lipinski definition) is 1. The van der Waals surface area contributed by atoms with Gasteiger partial charge in [0, 0.05) is 18.0 Å². The third-order valence-corrected chi connectivity index (χ3v) is 2.95. The van der Waals surface area contributed by atoms with Gasteiger partial charge in [0.2, 0.25) is 5.88 Å². The van der Waals surface area contributed by atoms with Gasteiger partial charge in [0.05, 0.1) is 5.57 Å². The first-order valence-electron chi connectivity index (χ1n) is 5.81. The minimum Gasteiger partial charge on any atom is -0.492 e. The number of allylic oxidation sites excluding steroid dienone is 1. The molecule has 0 bridgehead atoms. The summed E-state index contributed by atoms with van der Waals surface area (Å²) in [5, 5.41) is 14.0. The standard InChI is InChI=1S/C15H11N3O/c1-10-4-2-3-5-12(10)14-13(15(19)18-17-14)11-6-8-16-9-7-11/h2-9,19H,1H2. The largest absolute Gasteiger partial charge is 0.492 e. The van der Waals surface area contributed by atoms with Crippen molar-refractivity contribution in [2.45, 2.75) is 0 Å². The van der Waals surface area contributed by atoms with Crippen molar-refractivity contribution in [2.24, 2.45) is 5.10 Å². The quantitative estimate of drug-likeness (QED) is 0.889. The topological polar surface area (TPSA) is 59.6 Å². The first-order chi connectivity index (χ1) is 9.27. The summed E-state index contributed by atoms with van der Waals surface area (Å²) in [5.41, 5.74) is 7.55. The Balaban J connectivity index is 2.12. The van der Waals surface area contributed by atoms with E-state index >= 15 is 0 Å². The number of aliphatic hydroxyl groups excluding tert-OH is 1. The van der Waals surface area contributed by atoms with Crippen LogP contribution in [0.4, 0.5) is 0 Å². The highest BCUT2D eigenvalue weighted by atomic mass is 16.3. The van der Waals surface area contributed by atoms with E-state index in [9.17, 15) is 5.11 Å². The molecule has 2 aromatic rings. The van der Waals surface area contributed by atoms with Crippen molar-refractivity contribution in [1.29, 1.82) is 0 Å². The molecule has 1 aliphatic rings. The summed E-state index contributed by atoms with van der Waals surface area (Å²) in [4.78, 5) is 3.97. The van der Waals surface area contributed by atoms with E-state index in [0.29, 0.717) is 11.3 Å². The number of aromatic nitrogens is 1. The molecule has 1 aromatic heterocycles. The first kappa shape index (κ1) is 11.5. The molecule has 92 valence electrons. The van der Waals surface area contributed by atoms with Crippen molar-refractivity contribution >= 4 is 11.3 Å². The van der Waals surface area contributed by atoms with Crippen molar-refractivity contribution < 1.29 is 5.11 Å². The minimum absolute atomic E-state index is 0.0792. The molecule has 19 heavy (non-hydrogen) atoms. The van der Waals surface area contributed by atoms with Crippen LogP contribution in [0.3, 0.4) is 0 Å². The Bertz CT molecular complexity index is 675. The molecule has 1 aromatic carbocycles. The van der Waals surface area contributed by atoms with E-state index in [1.54, 1.807) is 12.4 Å². The van der Waals surface area contributed by atoms with Crippen molar-refractivity contribution in [1.82, 2.24) is 10.4 Å². The smallest absolute Gasteiger partial charge is 0.241 e.